The number of esters is 2. The minimum atomic E-state index is -0.431. The van der Waals surface area contributed by atoms with E-state index in [1.54, 1.807) is 42.5 Å². The summed E-state index contributed by atoms with van der Waals surface area (Å²) in [5.41, 5.74) is 4.60. The Kier molecular flexibility index (Phi) is 12.6. The molecule has 0 N–H and O–H groups in total. The van der Waals surface area contributed by atoms with E-state index in [2.05, 4.69) is 37.4 Å². The second-order valence-electron chi connectivity index (χ2n) is 10.6. The number of carbonyl (C=O) groups is 2. The zero-order valence-corrected chi connectivity index (χ0v) is 25.2. The average molecular weight is 589 g/mol. The first-order chi connectivity index (χ1) is 21.6. The first kappa shape index (κ1) is 32.0. The van der Waals surface area contributed by atoms with Gasteiger partial charge in [-0.25, -0.2) is 4.79 Å². The van der Waals surface area contributed by atoms with Gasteiger partial charge in [0.05, 0.1) is 5.56 Å². The second kappa shape index (κ2) is 17.3. The van der Waals surface area contributed by atoms with Gasteiger partial charge in [-0.3, -0.25) is 4.79 Å². The minimum Gasteiger partial charge on any atom is -0.490 e. The van der Waals surface area contributed by atoms with Gasteiger partial charge >= 0.3 is 11.9 Å². The molecule has 44 heavy (non-hydrogen) atoms. The Morgan fingerprint density at radius 2 is 0.977 bits per heavy atom. The summed E-state index contributed by atoms with van der Waals surface area (Å²) in [6, 6.07) is 30.1. The van der Waals surface area contributed by atoms with E-state index in [9.17, 15) is 9.59 Å². The minimum absolute atomic E-state index is 0.182. The van der Waals surface area contributed by atoms with Crippen molar-refractivity contribution in [2.24, 2.45) is 0 Å². The molecule has 0 amide bonds. The smallest absolute Gasteiger partial charge is 0.343 e. The number of ether oxygens (including phenoxy) is 3. The van der Waals surface area contributed by atoms with Crippen molar-refractivity contribution in [3.8, 4) is 39.5 Å². The van der Waals surface area contributed by atoms with Crippen LogP contribution in [0, 0.1) is 0 Å². The molecule has 0 aromatic heterocycles. The van der Waals surface area contributed by atoms with Gasteiger partial charge in [0.1, 0.15) is 23.9 Å². The highest BCUT2D eigenvalue weighted by molar-refractivity contribution is 5.91. The van der Waals surface area contributed by atoms with E-state index < -0.39 is 5.97 Å². The van der Waals surface area contributed by atoms with E-state index >= 15 is 0 Å². The van der Waals surface area contributed by atoms with Crippen LogP contribution in [-0.2, 0) is 4.79 Å². The molecule has 0 saturated heterocycles. The highest BCUT2D eigenvalue weighted by Crippen LogP contribution is 2.28. The summed E-state index contributed by atoms with van der Waals surface area (Å²) >= 11 is 0. The van der Waals surface area contributed by atoms with Crippen molar-refractivity contribution in [1.29, 1.82) is 0 Å². The van der Waals surface area contributed by atoms with Crippen molar-refractivity contribution >= 4 is 11.9 Å². The molecule has 4 aromatic rings. The van der Waals surface area contributed by atoms with Crippen LogP contribution in [0.4, 0.5) is 0 Å². The standard InChI is InChI=1S/C39H40O5/c1-3-5-6-7-8-9-10-11-12-38(40)43-36-25-17-32(18-26-36)30-13-15-31(16-14-30)33-19-27-37(28-20-33)44-39(41)34-21-23-35(24-22-34)42-29-4-2/h3-4,13-28H,1-2,5-12,29H2. The summed E-state index contributed by atoms with van der Waals surface area (Å²) < 4.78 is 16.5. The van der Waals surface area contributed by atoms with E-state index in [0.717, 1.165) is 47.9 Å². The summed E-state index contributed by atoms with van der Waals surface area (Å²) in [6.07, 6.45) is 11.9. The SMILES string of the molecule is C=CCCCCCCCCC(=O)Oc1ccc(-c2ccc(-c3ccc(OC(=O)c4ccc(OCC=C)cc4)cc3)cc2)cc1. The second-order valence-corrected chi connectivity index (χ2v) is 10.6. The molecule has 4 rings (SSSR count). The molecule has 5 nitrogen and oxygen atoms in total. The fourth-order valence-corrected chi connectivity index (χ4v) is 4.74. The first-order valence-electron chi connectivity index (χ1n) is 15.2. The predicted octanol–water partition coefficient (Wildman–Crippen LogP) is 10.0. The van der Waals surface area contributed by atoms with Gasteiger partial charge in [-0.15, -0.1) is 6.58 Å². The van der Waals surface area contributed by atoms with Gasteiger partial charge in [0, 0.05) is 6.42 Å². The third-order valence-corrected chi connectivity index (χ3v) is 7.20. The molecule has 0 saturated carbocycles. The van der Waals surface area contributed by atoms with Gasteiger partial charge in [0.25, 0.3) is 0 Å². The largest absolute Gasteiger partial charge is 0.490 e. The van der Waals surface area contributed by atoms with Crippen molar-refractivity contribution in [3.63, 3.8) is 0 Å². The molecule has 0 spiro atoms. The van der Waals surface area contributed by atoms with Gasteiger partial charge in [-0.2, -0.15) is 0 Å². The van der Waals surface area contributed by atoms with E-state index in [1.807, 2.05) is 42.5 Å². The average Bonchev–Trinajstić information content (AvgIpc) is 3.06. The van der Waals surface area contributed by atoms with Crippen molar-refractivity contribution in [2.45, 2.75) is 51.4 Å². The van der Waals surface area contributed by atoms with Crippen LogP contribution in [0.3, 0.4) is 0 Å². The first-order valence-corrected chi connectivity index (χ1v) is 15.2. The van der Waals surface area contributed by atoms with Crippen LogP contribution in [-0.4, -0.2) is 18.5 Å². The van der Waals surface area contributed by atoms with Gasteiger partial charge in [-0.05, 0) is 90.0 Å². The summed E-state index contributed by atoms with van der Waals surface area (Å²) in [5.74, 6) is 1.09. The van der Waals surface area contributed by atoms with E-state index in [-0.39, 0.29) is 5.97 Å². The van der Waals surface area contributed by atoms with Gasteiger partial charge in [0.15, 0.2) is 0 Å². The summed E-state index contributed by atoms with van der Waals surface area (Å²) in [6.45, 7) is 7.78. The highest BCUT2D eigenvalue weighted by atomic mass is 16.5. The number of unbranched alkanes of at least 4 members (excludes halogenated alkanes) is 6. The Morgan fingerprint density at radius 1 is 0.523 bits per heavy atom. The molecule has 0 aliphatic rings. The van der Waals surface area contributed by atoms with E-state index in [4.69, 9.17) is 14.2 Å². The number of hydrogen-bond acceptors (Lipinski definition) is 5. The van der Waals surface area contributed by atoms with Crippen LogP contribution in [0.2, 0.25) is 0 Å². The zero-order chi connectivity index (χ0) is 31.0. The summed E-state index contributed by atoms with van der Waals surface area (Å²) in [5, 5.41) is 0. The molecule has 0 atom stereocenters. The maximum atomic E-state index is 12.5. The number of allylic oxidation sites excluding steroid dienone is 1. The summed E-state index contributed by atoms with van der Waals surface area (Å²) in [7, 11) is 0. The molecular weight excluding hydrogens is 548 g/mol. The molecule has 0 fully saturated rings. The van der Waals surface area contributed by atoms with Crippen molar-refractivity contribution in [2.75, 3.05) is 6.61 Å². The molecule has 0 heterocycles. The van der Waals surface area contributed by atoms with Gasteiger partial charge in [-0.1, -0.05) is 92.9 Å². The lowest BCUT2D eigenvalue weighted by molar-refractivity contribution is -0.134. The van der Waals surface area contributed by atoms with Crippen molar-refractivity contribution in [1.82, 2.24) is 0 Å². The van der Waals surface area contributed by atoms with Crippen LogP contribution in [0.15, 0.2) is 122 Å². The van der Waals surface area contributed by atoms with Crippen molar-refractivity contribution < 1.29 is 23.8 Å². The fourth-order valence-electron chi connectivity index (χ4n) is 4.74. The molecular formula is C39H40O5. The molecule has 0 aliphatic carbocycles. The molecule has 0 bridgehead atoms. The van der Waals surface area contributed by atoms with Crippen LogP contribution in [0.5, 0.6) is 17.2 Å². The number of rotatable bonds is 17. The predicted molar refractivity (Wildman–Crippen MR) is 177 cm³/mol. The molecule has 0 unspecified atom stereocenters. The lowest BCUT2D eigenvalue weighted by atomic mass is 10.0. The third-order valence-electron chi connectivity index (χ3n) is 7.20. The lowest BCUT2D eigenvalue weighted by Crippen LogP contribution is -2.08. The lowest BCUT2D eigenvalue weighted by Gasteiger charge is -2.09. The maximum Gasteiger partial charge on any atom is 0.343 e. The maximum absolute atomic E-state index is 12.5. The van der Waals surface area contributed by atoms with Crippen LogP contribution in [0.1, 0.15) is 61.7 Å². The molecule has 226 valence electrons. The molecule has 0 radical (unpaired) electrons. The molecule has 5 heteroatoms. The van der Waals surface area contributed by atoms with E-state index in [1.165, 1.54) is 19.3 Å². The zero-order valence-electron chi connectivity index (χ0n) is 25.2. The van der Waals surface area contributed by atoms with Crippen LogP contribution < -0.4 is 14.2 Å². The van der Waals surface area contributed by atoms with Crippen LogP contribution >= 0.6 is 0 Å². The number of benzene rings is 4. The van der Waals surface area contributed by atoms with Crippen LogP contribution in [0.25, 0.3) is 22.3 Å². The Bertz CT molecular complexity index is 1480. The Labute approximate surface area is 260 Å². The molecule has 0 aliphatic heterocycles. The quantitative estimate of drug-likeness (QED) is 0.0532. The normalized spacial score (nSPS) is 10.5. The van der Waals surface area contributed by atoms with Crippen molar-refractivity contribution in [3.05, 3.63) is 128 Å². The van der Waals surface area contributed by atoms with Gasteiger partial charge < -0.3 is 14.2 Å². The number of carbonyl (C=O) groups excluding carboxylic acids is 2. The topological polar surface area (TPSA) is 61.8 Å². The monoisotopic (exact) mass is 588 g/mol. The Morgan fingerprint density at radius 3 is 1.50 bits per heavy atom. The number of hydrogen-bond donors (Lipinski definition) is 0. The van der Waals surface area contributed by atoms with E-state index in [0.29, 0.717) is 35.8 Å². The highest BCUT2D eigenvalue weighted by Gasteiger charge is 2.10. The Balaban J connectivity index is 1.23. The summed E-state index contributed by atoms with van der Waals surface area (Å²) in [4.78, 5) is 24.8. The fraction of sp³-hybridized carbons (Fsp3) is 0.231. The van der Waals surface area contributed by atoms with Gasteiger partial charge in [0.2, 0.25) is 0 Å². The Hall–Kier alpha value is -4.90. The molecule has 4 aromatic carbocycles. The third kappa shape index (κ3) is 10.1.